The Balaban J connectivity index is 2.94. The second-order valence-corrected chi connectivity index (χ2v) is 5.89. The third-order valence-corrected chi connectivity index (χ3v) is 4.15. The Morgan fingerprint density at radius 1 is 1.56 bits per heavy atom. The third-order valence-electron chi connectivity index (χ3n) is 2.67. The summed E-state index contributed by atoms with van der Waals surface area (Å²) in [5.41, 5.74) is 2.63. The van der Waals surface area contributed by atoms with Crippen molar-refractivity contribution in [3.8, 4) is 0 Å². The van der Waals surface area contributed by atoms with Gasteiger partial charge in [-0.2, -0.15) is 0 Å². The summed E-state index contributed by atoms with van der Waals surface area (Å²) in [5.74, 6) is 0. The predicted molar refractivity (Wildman–Crippen MR) is 82.7 cm³/mol. The zero-order valence-corrected chi connectivity index (χ0v) is 13.4. The van der Waals surface area contributed by atoms with Crippen molar-refractivity contribution in [2.24, 2.45) is 0 Å². The average molecular weight is 394 g/mol. The highest BCUT2D eigenvalue weighted by Gasteiger charge is 2.13. The monoisotopic (exact) mass is 393 g/mol. The Hall–Kier alpha value is 0.130. The number of halogens is 2. The van der Waals surface area contributed by atoms with Crippen molar-refractivity contribution >= 4 is 38.5 Å². The molecule has 1 rings (SSSR count). The van der Waals surface area contributed by atoms with Crippen LogP contribution in [0.2, 0.25) is 0 Å². The number of benzene rings is 1. The highest BCUT2D eigenvalue weighted by atomic mass is 127. The SMILES string of the molecule is C=C(CC)CC(NC)c1cc(Br)ccc1I. The van der Waals surface area contributed by atoms with Gasteiger partial charge in [0.25, 0.3) is 0 Å². The van der Waals surface area contributed by atoms with Crippen molar-refractivity contribution in [2.45, 2.75) is 25.8 Å². The topological polar surface area (TPSA) is 12.0 Å². The number of hydrogen-bond donors (Lipinski definition) is 1. The van der Waals surface area contributed by atoms with Crippen molar-refractivity contribution in [3.05, 3.63) is 44.0 Å². The molecule has 0 fully saturated rings. The van der Waals surface area contributed by atoms with Crippen LogP contribution in [-0.4, -0.2) is 7.05 Å². The van der Waals surface area contributed by atoms with E-state index in [0.717, 1.165) is 17.3 Å². The normalized spacial score (nSPS) is 12.5. The summed E-state index contributed by atoms with van der Waals surface area (Å²) in [6.45, 7) is 6.24. The molecule has 88 valence electrons. The number of nitrogens with one attached hydrogen (secondary N) is 1. The van der Waals surface area contributed by atoms with Crippen LogP contribution in [0, 0.1) is 3.57 Å². The van der Waals surface area contributed by atoms with E-state index in [-0.39, 0.29) is 0 Å². The molecule has 0 aliphatic heterocycles. The van der Waals surface area contributed by atoms with Gasteiger partial charge >= 0.3 is 0 Å². The van der Waals surface area contributed by atoms with Crippen LogP contribution in [0.25, 0.3) is 0 Å². The van der Waals surface area contributed by atoms with Gasteiger partial charge in [-0.3, -0.25) is 0 Å². The maximum atomic E-state index is 4.08. The fourth-order valence-corrected chi connectivity index (χ4v) is 2.67. The van der Waals surface area contributed by atoms with Crippen LogP contribution in [0.4, 0.5) is 0 Å². The van der Waals surface area contributed by atoms with Gasteiger partial charge in [-0.05, 0) is 66.2 Å². The lowest BCUT2D eigenvalue weighted by Crippen LogP contribution is -2.18. The van der Waals surface area contributed by atoms with E-state index in [1.54, 1.807) is 0 Å². The standard InChI is InChI=1S/C13H17BrIN/c1-4-9(2)7-13(16-3)11-8-10(14)5-6-12(11)15/h5-6,8,13,16H,2,4,7H2,1,3H3. The van der Waals surface area contributed by atoms with Crippen molar-refractivity contribution in [1.29, 1.82) is 0 Å². The van der Waals surface area contributed by atoms with Crippen molar-refractivity contribution in [1.82, 2.24) is 5.32 Å². The van der Waals surface area contributed by atoms with Gasteiger partial charge in [-0.1, -0.05) is 35.0 Å². The van der Waals surface area contributed by atoms with Crippen LogP contribution in [0.3, 0.4) is 0 Å². The van der Waals surface area contributed by atoms with Gasteiger partial charge in [0.15, 0.2) is 0 Å². The molecule has 0 bridgehead atoms. The minimum absolute atomic E-state index is 0.358. The smallest absolute Gasteiger partial charge is 0.0365 e. The summed E-state index contributed by atoms with van der Waals surface area (Å²) in [4.78, 5) is 0. The summed E-state index contributed by atoms with van der Waals surface area (Å²) in [5, 5.41) is 3.37. The van der Waals surface area contributed by atoms with Gasteiger partial charge in [-0.15, -0.1) is 0 Å². The Morgan fingerprint density at radius 3 is 2.81 bits per heavy atom. The predicted octanol–water partition coefficient (Wildman–Crippen LogP) is 4.67. The Labute approximate surface area is 120 Å². The molecule has 0 aliphatic rings. The van der Waals surface area contributed by atoms with Crippen LogP contribution in [0.15, 0.2) is 34.8 Å². The number of rotatable bonds is 5. The molecule has 0 aromatic heterocycles. The largest absolute Gasteiger partial charge is 0.313 e. The third kappa shape index (κ3) is 3.86. The zero-order chi connectivity index (χ0) is 12.1. The molecule has 0 aliphatic carbocycles. The molecule has 0 amide bonds. The maximum absolute atomic E-state index is 4.08. The molecule has 1 N–H and O–H groups in total. The van der Waals surface area contributed by atoms with E-state index in [9.17, 15) is 0 Å². The molecular weight excluding hydrogens is 377 g/mol. The second kappa shape index (κ2) is 6.77. The fourth-order valence-electron chi connectivity index (χ4n) is 1.58. The molecule has 0 radical (unpaired) electrons. The summed E-state index contributed by atoms with van der Waals surface area (Å²) in [7, 11) is 2.00. The van der Waals surface area contributed by atoms with Gasteiger partial charge in [0.1, 0.15) is 0 Å². The van der Waals surface area contributed by atoms with E-state index >= 15 is 0 Å². The molecule has 0 spiro atoms. The summed E-state index contributed by atoms with van der Waals surface area (Å²) >= 11 is 5.91. The minimum atomic E-state index is 0.358. The van der Waals surface area contributed by atoms with Gasteiger partial charge in [0.05, 0.1) is 0 Å². The van der Waals surface area contributed by atoms with Crippen LogP contribution in [0.1, 0.15) is 31.4 Å². The van der Waals surface area contributed by atoms with Crippen LogP contribution >= 0.6 is 38.5 Å². The Kier molecular flexibility index (Phi) is 6.00. The van der Waals surface area contributed by atoms with E-state index in [1.165, 1.54) is 14.7 Å². The highest BCUT2D eigenvalue weighted by Crippen LogP contribution is 2.28. The lowest BCUT2D eigenvalue weighted by atomic mass is 9.99. The summed E-state index contributed by atoms with van der Waals surface area (Å²) in [6, 6.07) is 6.76. The van der Waals surface area contributed by atoms with E-state index < -0.39 is 0 Å². The van der Waals surface area contributed by atoms with E-state index in [0.29, 0.717) is 6.04 Å². The fraction of sp³-hybridized carbons (Fsp3) is 0.385. The second-order valence-electron chi connectivity index (χ2n) is 3.81. The first kappa shape index (κ1) is 14.2. The molecule has 0 heterocycles. The first-order valence-corrected chi connectivity index (χ1v) is 7.24. The summed E-state index contributed by atoms with van der Waals surface area (Å²) < 4.78 is 2.43. The molecule has 3 heteroatoms. The summed E-state index contributed by atoms with van der Waals surface area (Å²) in [6.07, 6.45) is 2.04. The van der Waals surface area contributed by atoms with Crippen molar-refractivity contribution in [3.63, 3.8) is 0 Å². The lowest BCUT2D eigenvalue weighted by molar-refractivity contribution is 0.580. The molecule has 0 saturated carbocycles. The Morgan fingerprint density at radius 2 is 2.25 bits per heavy atom. The van der Waals surface area contributed by atoms with E-state index in [1.807, 2.05) is 7.05 Å². The first-order valence-electron chi connectivity index (χ1n) is 5.37. The Bertz CT molecular complexity index is 376. The average Bonchev–Trinajstić information content (AvgIpc) is 2.29. The van der Waals surface area contributed by atoms with E-state index in [2.05, 4.69) is 75.5 Å². The van der Waals surface area contributed by atoms with Gasteiger partial charge in [0.2, 0.25) is 0 Å². The molecule has 1 atom stereocenters. The lowest BCUT2D eigenvalue weighted by Gasteiger charge is -2.19. The van der Waals surface area contributed by atoms with E-state index in [4.69, 9.17) is 0 Å². The molecule has 1 unspecified atom stereocenters. The maximum Gasteiger partial charge on any atom is 0.0365 e. The van der Waals surface area contributed by atoms with Gasteiger partial charge in [0, 0.05) is 14.1 Å². The minimum Gasteiger partial charge on any atom is -0.313 e. The van der Waals surface area contributed by atoms with Crippen LogP contribution < -0.4 is 5.32 Å². The van der Waals surface area contributed by atoms with Gasteiger partial charge < -0.3 is 5.32 Å². The molecule has 0 saturated heterocycles. The quantitative estimate of drug-likeness (QED) is 0.566. The molecule has 1 aromatic rings. The molecule has 1 nitrogen and oxygen atoms in total. The molecule has 1 aromatic carbocycles. The number of hydrogen-bond acceptors (Lipinski definition) is 1. The van der Waals surface area contributed by atoms with Crippen molar-refractivity contribution < 1.29 is 0 Å². The molecular formula is C13H17BrIN. The first-order chi connectivity index (χ1) is 7.58. The van der Waals surface area contributed by atoms with Crippen LogP contribution in [0.5, 0.6) is 0 Å². The highest BCUT2D eigenvalue weighted by molar-refractivity contribution is 14.1. The van der Waals surface area contributed by atoms with Crippen molar-refractivity contribution in [2.75, 3.05) is 7.05 Å². The van der Waals surface area contributed by atoms with Crippen LogP contribution in [-0.2, 0) is 0 Å². The zero-order valence-electron chi connectivity index (χ0n) is 9.69. The van der Waals surface area contributed by atoms with Gasteiger partial charge in [-0.25, -0.2) is 0 Å². The molecule has 16 heavy (non-hydrogen) atoms.